The van der Waals surface area contributed by atoms with E-state index in [4.69, 9.17) is 4.42 Å². The molecular formula is C14H15NO3. The summed E-state index contributed by atoms with van der Waals surface area (Å²) in [7, 11) is 0. The van der Waals surface area contributed by atoms with E-state index in [2.05, 4.69) is 4.98 Å². The normalized spacial score (nSPS) is 31.5. The molecule has 1 aromatic heterocycles. The lowest BCUT2D eigenvalue weighted by Crippen LogP contribution is -2.10. The average Bonchev–Trinajstić information content (AvgIpc) is 2.82. The van der Waals surface area contributed by atoms with Crippen LogP contribution < -0.4 is 5.76 Å². The van der Waals surface area contributed by atoms with Crippen molar-refractivity contribution in [1.82, 2.24) is 4.98 Å². The zero-order valence-electron chi connectivity index (χ0n) is 9.93. The van der Waals surface area contributed by atoms with Gasteiger partial charge in [-0.25, -0.2) is 4.79 Å². The molecule has 1 aromatic carbocycles. The van der Waals surface area contributed by atoms with Crippen LogP contribution in [-0.2, 0) is 0 Å². The van der Waals surface area contributed by atoms with Gasteiger partial charge in [0.1, 0.15) is 0 Å². The highest BCUT2D eigenvalue weighted by Gasteiger charge is 2.47. The highest BCUT2D eigenvalue weighted by Crippen LogP contribution is 2.57. The van der Waals surface area contributed by atoms with Crippen molar-refractivity contribution in [2.75, 3.05) is 0 Å². The standard InChI is InChI=1S/C14H15NO3/c16-13(10-4-8-3-9(8)5-10)7-1-2-11-12(6-7)18-14(17)15-11/h1-2,6,8-10,13,16H,3-5H2,(H,15,17). The van der Waals surface area contributed by atoms with E-state index in [9.17, 15) is 9.90 Å². The van der Waals surface area contributed by atoms with Gasteiger partial charge in [-0.05, 0) is 54.7 Å². The minimum absolute atomic E-state index is 0.372. The minimum Gasteiger partial charge on any atom is -0.408 e. The average molecular weight is 245 g/mol. The first-order chi connectivity index (χ1) is 8.70. The number of oxazole rings is 1. The quantitative estimate of drug-likeness (QED) is 0.852. The van der Waals surface area contributed by atoms with Gasteiger partial charge in [0.25, 0.3) is 0 Å². The van der Waals surface area contributed by atoms with E-state index >= 15 is 0 Å². The summed E-state index contributed by atoms with van der Waals surface area (Å²) in [5.41, 5.74) is 2.07. The molecule has 3 atom stereocenters. The third-order valence-corrected chi connectivity index (χ3v) is 4.51. The van der Waals surface area contributed by atoms with E-state index in [0.29, 0.717) is 17.0 Å². The lowest BCUT2D eigenvalue weighted by Gasteiger charge is -2.19. The van der Waals surface area contributed by atoms with Crippen LogP contribution in [0, 0.1) is 17.8 Å². The van der Waals surface area contributed by atoms with Gasteiger partial charge in [-0.2, -0.15) is 0 Å². The van der Waals surface area contributed by atoms with Crippen molar-refractivity contribution in [2.24, 2.45) is 17.8 Å². The lowest BCUT2D eigenvalue weighted by atomic mass is 9.91. The van der Waals surface area contributed by atoms with Gasteiger partial charge in [-0.1, -0.05) is 6.07 Å². The topological polar surface area (TPSA) is 66.2 Å². The Kier molecular flexibility index (Phi) is 2.01. The summed E-state index contributed by atoms with van der Waals surface area (Å²) >= 11 is 0. The molecule has 0 spiro atoms. The SMILES string of the molecule is O=c1[nH]c2ccc(C(O)C3CC4CC4C3)cc2o1. The molecule has 0 bridgehead atoms. The number of aliphatic hydroxyl groups is 1. The molecule has 3 unspecified atom stereocenters. The van der Waals surface area contributed by atoms with Crippen molar-refractivity contribution in [3.63, 3.8) is 0 Å². The number of nitrogens with one attached hydrogen (secondary N) is 1. The molecule has 18 heavy (non-hydrogen) atoms. The predicted octanol–water partition coefficient (Wildman–Crippen LogP) is 2.20. The molecular weight excluding hydrogens is 230 g/mol. The number of rotatable bonds is 2. The van der Waals surface area contributed by atoms with Crippen LogP contribution in [0.5, 0.6) is 0 Å². The van der Waals surface area contributed by atoms with Gasteiger partial charge >= 0.3 is 5.76 Å². The number of hydrogen-bond acceptors (Lipinski definition) is 3. The number of H-pyrrole nitrogens is 1. The Morgan fingerprint density at radius 3 is 2.83 bits per heavy atom. The van der Waals surface area contributed by atoms with Crippen LogP contribution in [0.4, 0.5) is 0 Å². The molecule has 2 N–H and O–H groups in total. The Hall–Kier alpha value is -1.55. The second-order valence-corrected chi connectivity index (χ2v) is 5.70. The number of aliphatic hydroxyl groups excluding tert-OH is 1. The molecule has 2 aliphatic carbocycles. The van der Waals surface area contributed by atoms with Crippen molar-refractivity contribution in [3.05, 3.63) is 34.3 Å². The Balaban J connectivity index is 1.66. The van der Waals surface area contributed by atoms with Crippen molar-refractivity contribution in [3.8, 4) is 0 Å². The molecule has 2 aliphatic rings. The fourth-order valence-electron chi connectivity index (χ4n) is 3.44. The van der Waals surface area contributed by atoms with E-state index in [1.54, 1.807) is 12.1 Å². The summed E-state index contributed by atoms with van der Waals surface area (Å²) < 4.78 is 5.03. The van der Waals surface area contributed by atoms with Crippen molar-refractivity contribution >= 4 is 11.1 Å². The molecule has 0 amide bonds. The molecule has 0 aliphatic heterocycles. The van der Waals surface area contributed by atoms with Gasteiger partial charge < -0.3 is 9.52 Å². The molecule has 1 heterocycles. The number of benzene rings is 1. The lowest BCUT2D eigenvalue weighted by molar-refractivity contribution is 0.104. The number of hydrogen-bond donors (Lipinski definition) is 2. The molecule has 2 saturated carbocycles. The first kappa shape index (κ1) is 10.4. The first-order valence-corrected chi connectivity index (χ1v) is 6.51. The van der Waals surface area contributed by atoms with Gasteiger partial charge in [0, 0.05) is 0 Å². The molecule has 94 valence electrons. The van der Waals surface area contributed by atoms with Crippen LogP contribution in [0.25, 0.3) is 11.1 Å². The largest absolute Gasteiger partial charge is 0.417 e. The summed E-state index contributed by atoms with van der Waals surface area (Å²) in [5, 5.41) is 10.4. The van der Waals surface area contributed by atoms with Crippen molar-refractivity contribution in [2.45, 2.75) is 25.4 Å². The van der Waals surface area contributed by atoms with Crippen LogP contribution in [0.2, 0.25) is 0 Å². The second kappa shape index (κ2) is 3.48. The first-order valence-electron chi connectivity index (χ1n) is 6.51. The predicted molar refractivity (Wildman–Crippen MR) is 66.1 cm³/mol. The summed E-state index contributed by atoms with van der Waals surface area (Å²) in [4.78, 5) is 13.7. The fraction of sp³-hybridized carbons (Fsp3) is 0.500. The van der Waals surface area contributed by atoms with E-state index in [0.717, 1.165) is 30.2 Å². The summed E-state index contributed by atoms with van der Waals surface area (Å²) in [6.45, 7) is 0. The molecule has 4 rings (SSSR count). The van der Waals surface area contributed by atoms with Crippen LogP contribution in [0.3, 0.4) is 0 Å². The van der Waals surface area contributed by atoms with E-state index < -0.39 is 11.9 Å². The Morgan fingerprint density at radius 1 is 1.28 bits per heavy atom. The van der Waals surface area contributed by atoms with Gasteiger partial charge in [0.2, 0.25) is 0 Å². The molecule has 4 nitrogen and oxygen atoms in total. The fourth-order valence-corrected chi connectivity index (χ4v) is 3.44. The molecule has 0 radical (unpaired) electrons. The number of aromatic amines is 1. The Labute approximate surface area is 104 Å². The van der Waals surface area contributed by atoms with Crippen LogP contribution >= 0.6 is 0 Å². The number of fused-ring (bicyclic) bond motifs is 2. The zero-order chi connectivity index (χ0) is 12.3. The highest BCUT2D eigenvalue weighted by atomic mass is 16.4. The molecule has 0 saturated heterocycles. The van der Waals surface area contributed by atoms with E-state index in [1.807, 2.05) is 6.07 Å². The molecule has 2 fully saturated rings. The summed E-state index contributed by atoms with van der Waals surface area (Å²) in [5.74, 6) is 1.65. The maximum Gasteiger partial charge on any atom is 0.417 e. The van der Waals surface area contributed by atoms with Crippen LogP contribution in [-0.4, -0.2) is 10.1 Å². The van der Waals surface area contributed by atoms with Crippen molar-refractivity contribution < 1.29 is 9.52 Å². The third kappa shape index (κ3) is 1.52. The Bertz CT molecular complexity index is 646. The smallest absolute Gasteiger partial charge is 0.408 e. The number of aromatic nitrogens is 1. The second-order valence-electron chi connectivity index (χ2n) is 5.70. The highest BCUT2D eigenvalue weighted by molar-refractivity contribution is 5.72. The van der Waals surface area contributed by atoms with Gasteiger partial charge in [-0.15, -0.1) is 0 Å². The maximum absolute atomic E-state index is 11.1. The monoisotopic (exact) mass is 245 g/mol. The van der Waals surface area contributed by atoms with Crippen LogP contribution in [0.15, 0.2) is 27.4 Å². The third-order valence-electron chi connectivity index (χ3n) is 4.51. The van der Waals surface area contributed by atoms with E-state index in [-0.39, 0.29) is 0 Å². The van der Waals surface area contributed by atoms with Gasteiger partial charge in [0.15, 0.2) is 5.58 Å². The zero-order valence-corrected chi connectivity index (χ0v) is 9.93. The van der Waals surface area contributed by atoms with Crippen molar-refractivity contribution in [1.29, 1.82) is 0 Å². The summed E-state index contributed by atoms with van der Waals surface area (Å²) in [6.07, 6.45) is 3.21. The van der Waals surface area contributed by atoms with Gasteiger partial charge in [-0.3, -0.25) is 4.98 Å². The minimum atomic E-state index is -0.446. The van der Waals surface area contributed by atoms with Crippen LogP contribution in [0.1, 0.15) is 30.9 Å². The van der Waals surface area contributed by atoms with E-state index in [1.165, 1.54) is 6.42 Å². The maximum atomic E-state index is 11.1. The summed E-state index contributed by atoms with van der Waals surface area (Å²) in [6, 6.07) is 5.46. The molecule has 4 heteroatoms. The van der Waals surface area contributed by atoms with Gasteiger partial charge in [0.05, 0.1) is 11.6 Å². The molecule has 2 aromatic rings. The Morgan fingerprint density at radius 2 is 2.06 bits per heavy atom.